The molecule has 4 rings (SSSR count). The van der Waals surface area contributed by atoms with Gasteiger partial charge < -0.3 is 24.4 Å². The number of ether oxygens (including phenoxy) is 3. The molecule has 0 bridgehead atoms. The molecule has 0 spiro atoms. The van der Waals surface area contributed by atoms with Crippen LogP contribution in [0.3, 0.4) is 0 Å². The number of benzene rings is 2. The van der Waals surface area contributed by atoms with Crippen molar-refractivity contribution in [2.75, 3.05) is 57.4 Å². The summed E-state index contributed by atoms with van der Waals surface area (Å²) in [5, 5.41) is 3.11. The second-order valence-corrected chi connectivity index (χ2v) is 7.86. The topological polar surface area (TPSA) is 63.3 Å². The van der Waals surface area contributed by atoms with E-state index in [1.165, 1.54) is 0 Å². The molecule has 7 heteroatoms. The normalized spacial score (nSPS) is 17.2. The molecule has 0 aliphatic carbocycles. The van der Waals surface area contributed by atoms with Gasteiger partial charge in [0.05, 0.1) is 24.9 Å². The second kappa shape index (κ2) is 9.92. The molecule has 2 aliphatic heterocycles. The highest BCUT2D eigenvalue weighted by Gasteiger charge is 2.22. The monoisotopic (exact) mass is 425 g/mol. The van der Waals surface area contributed by atoms with E-state index in [-0.39, 0.29) is 11.9 Å². The number of nitrogens with zero attached hydrogens (tertiary/aromatic N) is 2. The number of anilines is 1. The molecule has 2 aromatic rings. The molecule has 0 radical (unpaired) electrons. The average molecular weight is 426 g/mol. The molecule has 1 atom stereocenters. The molecule has 2 heterocycles. The number of rotatable bonds is 7. The predicted molar refractivity (Wildman–Crippen MR) is 120 cm³/mol. The molecule has 0 unspecified atom stereocenters. The van der Waals surface area contributed by atoms with Gasteiger partial charge >= 0.3 is 0 Å². The maximum atomic E-state index is 12.6. The SMILES string of the molecule is CCOc1ccccc1N1CCN(CC(=O)N[C@@H](C)c2ccc3c(c2)OCCO3)CC1. The van der Waals surface area contributed by atoms with Crippen LogP contribution in [0.5, 0.6) is 17.2 Å². The molecule has 1 N–H and O–H groups in total. The van der Waals surface area contributed by atoms with Gasteiger partial charge in [-0.2, -0.15) is 0 Å². The molecule has 2 aromatic carbocycles. The Morgan fingerprint density at radius 2 is 1.81 bits per heavy atom. The van der Waals surface area contributed by atoms with E-state index >= 15 is 0 Å². The number of piperazine rings is 1. The van der Waals surface area contributed by atoms with Gasteiger partial charge in [-0.1, -0.05) is 18.2 Å². The van der Waals surface area contributed by atoms with E-state index in [1.54, 1.807) is 0 Å². The van der Waals surface area contributed by atoms with Crippen molar-refractivity contribution in [2.24, 2.45) is 0 Å². The number of para-hydroxylation sites is 2. The Morgan fingerprint density at radius 1 is 1.06 bits per heavy atom. The molecule has 1 saturated heterocycles. The lowest BCUT2D eigenvalue weighted by molar-refractivity contribution is -0.123. The largest absolute Gasteiger partial charge is 0.492 e. The van der Waals surface area contributed by atoms with Gasteiger partial charge in [-0.05, 0) is 43.7 Å². The third-order valence-corrected chi connectivity index (χ3v) is 5.69. The van der Waals surface area contributed by atoms with Crippen LogP contribution in [-0.4, -0.2) is 63.4 Å². The highest BCUT2D eigenvalue weighted by molar-refractivity contribution is 5.78. The summed E-state index contributed by atoms with van der Waals surface area (Å²) in [6.07, 6.45) is 0. The van der Waals surface area contributed by atoms with Crippen LogP contribution in [0, 0.1) is 0 Å². The molecule has 31 heavy (non-hydrogen) atoms. The first-order valence-electron chi connectivity index (χ1n) is 11.0. The second-order valence-electron chi connectivity index (χ2n) is 7.86. The van der Waals surface area contributed by atoms with Crippen molar-refractivity contribution >= 4 is 11.6 Å². The highest BCUT2D eigenvalue weighted by atomic mass is 16.6. The molecule has 2 aliphatic rings. The highest BCUT2D eigenvalue weighted by Crippen LogP contribution is 2.32. The van der Waals surface area contributed by atoms with Gasteiger partial charge in [0.15, 0.2) is 11.5 Å². The van der Waals surface area contributed by atoms with Crippen molar-refractivity contribution in [3.63, 3.8) is 0 Å². The summed E-state index contributed by atoms with van der Waals surface area (Å²) in [6.45, 7) is 9.59. The molecule has 0 saturated carbocycles. The fourth-order valence-corrected chi connectivity index (χ4v) is 4.05. The van der Waals surface area contributed by atoms with Crippen molar-refractivity contribution < 1.29 is 19.0 Å². The Bertz CT molecular complexity index is 896. The zero-order valence-corrected chi connectivity index (χ0v) is 18.3. The molecule has 1 amide bonds. The molecule has 0 aromatic heterocycles. The Hall–Kier alpha value is -2.93. The van der Waals surface area contributed by atoms with Crippen LogP contribution in [0.2, 0.25) is 0 Å². The lowest BCUT2D eigenvalue weighted by Crippen LogP contribution is -2.49. The first kappa shape index (κ1) is 21.3. The van der Waals surface area contributed by atoms with E-state index in [4.69, 9.17) is 14.2 Å². The fraction of sp³-hybridized carbons (Fsp3) is 0.458. The Labute approximate surface area is 183 Å². The van der Waals surface area contributed by atoms with Crippen molar-refractivity contribution in [1.29, 1.82) is 0 Å². The third-order valence-electron chi connectivity index (χ3n) is 5.69. The number of hydrogen-bond acceptors (Lipinski definition) is 6. The minimum Gasteiger partial charge on any atom is -0.492 e. The van der Waals surface area contributed by atoms with Gasteiger partial charge in [-0.15, -0.1) is 0 Å². The molecule has 166 valence electrons. The minimum atomic E-state index is -0.0947. The number of fused-ring (bicyclic) bond motifs is 1. The maximum Gasteiger partial charge on any atom is 0.234 e. The Kier molecular flexibility index (Phi) is 6.82. The standard InChI is InChI=1S/C24H31N3O4/c1-3-29-21-7-5-4-6-20(21)27-12-10-26(11-13-27)17-24(28)25-18(2)19-8-9-22-23(16-19)31-15-14-30-22/h4-9,16,18H,3,10-15,17H2,1-2H3,(H,25,28)/t18-/m0/s1. The summed E-state index contributed by atoms with van der Waals surface area (Å²) in [4.78, 5) is 17.2. The maximum absolute atomic E-state index is 12.6. The van der Waals surface area contributed by atoms with Crippen LogP contribution in [-0.2, 0) is 4.79 Å². The van der Waals surface area contributed by atoms with E-state index in [1.807, 2.05) is 50.2 Å². The van der Waals surface area contributed by atoms with Gasteiger partial charge in [0.25, 0.3) is 0 Å². The lowest BCUT2D eigenvalue weighted by Gasteiger charge is -2.36. The molecular weight excluding hydrogens is 394 g/mol. The summed E-state index contributed by atoms with van der Waals surface area (Å²) in [7, 11) is 0. The number of nitrogens with one attached hydrogen (secondary N) is 1. The summed E-state index contributed by atoms with van der Waals surface area (Å²) in [5.74, 6) is 2.46. The van der Waals surface area contributed by atoms with Crippen LogP contribution < -0.4 is 24.4 Å². The van der Waals surface area contributed by atoms with E-state index < -0.39 is 0 Å². The molecule has 7 nitrogen and oxygen atoms in total. The number of hydrogen-bond donors (Lipinski definition) is 1. The van der Waals surface area contributed by atoms with E-state index in [2.05, 4.69) is 21.2 Å². The first-order valence-corrected chi connectivity index (χ1v) is 11.0. The Morgan fingerprint density at radius 3 is 2.58 bits per heavy atom. The molecular formula is C24H31N3O4. The zero-order chi connectivity index (χ0) is 21.6. The van der Waals surface area contributed by atoms with Crippen molar-refractivity contribution in [3.05, 3.63) is 48.0 Å². The quantitative estimate of drug-likeness (QED) is 0.736. The van der Waals surface area contributed by atoms with Crippen LogP contribution >= 0.6 is 0 Å². The van der Waals surface area contributed by atoms with Gasteiger partial charge in [0.2, 0.25) is 5.91 Å². The number of carbonyl (C=O) groups is 1. The van der Waals surface area contributed by atoms with Crippen molar-refractivity contribution in [2.45, 2.75) is 19.9 Å². The zero-order valence-electron chi connectivity index (χ0n) is 18.3. The van der Waals surface area contributed by atoms with Crippen LogP contribution in [0.25, 0.3) is 0 Å². The van der Waals surface area contributed by atoms with Crippen LogP contribution in [0.15, 0.2) is 42.5 Å². The van der Waals surface area contributed by atoms with Gasteiger partial charge in [0, 0.05) is 26.2 Å². The number of carbonyl (C=O) groups excluding carboxylic acids is 1. The average Bonchev–Trinajstić information content (AvgIpc) is 2.80. The lowest BCUT2D eigenvalue weighted by atomic mass is 10.1. The summed E-state index contributed by atoms with van der Waals surface area (Å²) >= 11 is 0. The van der Waals surface area contributed by atoms with Gasteiger partial charge in [-0.3, -0.25) is 9.69 Å². The molecule has 1 fully saturated rings. The van der Waals surface area contributed by atoms with Crippen molar-refractivity contribution in [1.82, 2.24) is 10.2 Å². The van der Waals surface area contributed by atoms with Crippen molar-refractivity contribution in [3.8, 4) is 17.2 Å². The summed E-state index contributed by atoms with van der Waals surface area (Å²) < 4.78 is 17.0. The van der Waals surface area contributed by atoms with Gasteiger partial charge in [0.1, 0.15) is 19.0 Å². The van der Waals surface area contributed by atoms with Crippen LogP contribution in [0.1, 0.15) is 25.5 Å². The predicted octanol–water partition coefficient (Wildman–Crippen LogP) is 2.86. The third kappa shape index (κ3) is 5.22. The van der Waals surface area contributed by atoms with E-state index in [0.717, 1.165) is 54.7 Å². The smallest absolute Gasteiger partial charge is 0.234 e. The van der Waals surface area contributed by atoms with Crippen LogP contribution in [0.4, 0.5) is 5.69 Å². The Balaban J connectivity index is 1.27. The minimum absolute atomic E-state index is 0.0329. The first-order chi connectivity index (χ1) is 15.1. The fourth-order valence-electron chi connectivity index (χ4n) is 4.05. The van der Waals surface area contributed by atoms with E-state index in [9.17, 15) is 4.79 Å². The summed E-state index contributed by atoms with van der Waals surface area (Å²) in [5.41, 5.74) is 2.13. The number of amides is 1. The van der Waals surface area contributed by atoms with E-state index in [0.29, 0.717) is 26.4 Å². The van der Waals surface area contributed by atoms with Gasteiger partial charge in [-0.25, -0.2) is 0 Å². The summed E-state index contributed by atoms with van der Waals surface area (Å²) in [6, 6.07) is 13.9.